The lowest BCUT2D eigenvalue weighted by Gasteiger charge is -2.38. The number of likely N-dealkylation sites (N-methyl/N-ethyl adjacent to an activating group) is 1. The van der Waals surface area contributed by atoms with Gasteiger partial charge in [0.2, 0.25) is 5.91 Å². The highest BCUT2D eigenvalue weighted by Gasteiger charge is 2.28. The minimum atomic E-state index is -0.107. The molecule has 1 amide bonds. The van der Waals surface area contributed by atoms with Gasteiger partial charge in [-0.1, -0.05) is 30.3 Å². The Morgan fingerprint density at radius 1 is 1.11 bits per heavy atom. The van der Waals surface area contributed by atoms with Crippen LogP contribution < -0.4 is 9.64 Å². The third-order valence-corrected chi connectivity index (χ3v) is 5.95. The summed E-state index contributed by atoms with van der Waals surface area (Å²) in [5, 5.41) is 0. The van der Waals surface area contributed by atoms with Gasteiger partial charge in [-0.05, 0) is 36.2 Å². The van der Waals surface area contributed by atoms with Crippen molar-refractivity contribution in [2.75, 3.05) is 44.7 Å². The summed E-state index contributed by atoms with van der Waals surface area (Å²) < 4.78 is 5.60. The summed E-state index contributed by atoms with van der Waals surface area (Å²) >= 11 is 0. The van der Waals surface area contributed by atoms with Crippen molar-refractivity contribution in [3.05, 3.63) is 59.7 Å². The molecular formula is C23H29N3O2. The fourth-order valence-corrected chi connectivity index (χ4v) is 4.12. The van der Waals surface area contributed by atoms with Crippen LogP contribution in [0.2, 0.25) is 0 Å². The summed E-state index contributed by atoms with van der Waals surface area (Å²) in [6.07, 6.45) is 1.02. The SMILES string of the molecule is CC(C(=O)N(C)c1ccccc1)N1CCN(Cc2ccc3c(c2)CCO3)CC1. The standard InChI is InChI=1S/C23H29N3O2/c1-18(23(27)24(2)21-6-4-3-5-7-21)26-13-11-25(12-14-26)17-19-8-9-22-20(16-19)10-15-28-22/h3-9,16,18H,10-15,17H2,1-2H3. The van der Waals surface area contributed by atoms with Crippen LogP contribution in [0.1, 0.15) is 18.1 Å². The molecule has 2 aliphatic rings. The molecule has 148 valence electrons. The fourth-order valence-electron chi connectivity index (χ4n) is 4.12. The first-order valence-corrected chi connectivity index (χ1v) is 10.2. The summed E-state index contributed by atoms with van der Waals surface area (Å²) in [5.41, 5.74) is 3.63. The summed E-state index contributed by atoms with van der Waals surface area (Å²) in [5.74, 6) is 1.20. The predicted molar refractivity (Wildman–Crippen MR) is 112 cm³/mol. The van der Waals surface area contributed by atoms with Gasteiger partial charge in [-0.2, -0.15) is 0 Å². The molecule has 1 saturated heterocycles. The average Bonchev–Trinajstić information content (AvgIpc) is 3.21. The molecule has 2 aromatic rings. The number of carbonyl (C=O) groups excluding carboxylic acids is 1. The van der Waals surface area contributed by atoms with E-state index in [4.69, 9.17) is 4.74 Å². The molecule has 0 bridgehead atoms. The first kappa shape index (κ1) is 19.0. The van der Waals surface area contributed by atoms with Gasteiger partial charge in [0.05, 0.1) is 12.6 Å². The average molecular weight is 380 g/mol. The van der Waals surface area contributed by atoms with Crippen LogP contribution in [0.15, 0.2) is 48.5 Å². The number of amides is 1. The van der Waals surface area contributed by atoms with Crippen molar-refractivity contribution >= 4 is 11.6 Å². The maximum atomic E-state index is 12.9. The van der Waals surface area contributed by atoms with E-state index in [-0.39, 0.29) is 11.9 Å². The lowest BCUT2D eigenvalue weighted by molar-refractivity contribution is -0.123. The van der Waals surface area contributed by atoms with Crippen LogP contribution >= 0.6 is 0 Å². The van der Waals surface area contributed by atoms with Gasteiger partial charge in [-0.15, -0.1) is 0 Å². The summed E-state index contributed by atoms with van der Waals surface area (Å²) in [7, 11) is 1.86. The molecule has 28 heavy (non-hydrogen) atoms. The second-order valence-corrected chi connectivity index (χ2v) is 7.76. The quantitative estimate of drug-likeness (QED) is 0.800. The number of anilines is 1. The number of hydrogen-bond donors (Lipinski definition) is 0. The minimum absolute atomic E-state index is 0.107. The molecule has 1 atom stereocenters. The Hall–Kier alpha value is -2.37. The van der Waals surface area contributed by atoms with Crippen molar-refractivity contribution in [2.45, 2.75) is 25.9 Å². The maximum absolute atomic E-state index is 12.9. The summed E-state index contributed by atoms with van der Waals surface area (Å²) in [6.45, 7) is 7.61. The Balaban J connectivity index is 1.30. The van der Waals surface area contributed by atoms with E-state index >= 15 is 0 Å². The predicted octanol–water partition coefficient (Wildman–Crippen LogP) is 2.79. The number of para-hydroxylation sites is 1. The van der Waals surface area contributed by atoms with Crippen molar-refractivity contribution in [3.8, 4) is 5.75 Å². The van der Waals surface area contributed by atoms with Gasteiger partial charge >= 0.3 is 0 Å². The first-order chi connectivity index (χ1) is 13.6. The van der Waals surface area contributed by atoms with Crippen molar-refractivity contribution < 1.29 is 9.53 Å². The van der Waals surface area contributed by atoms with Gasteiger partial charge < -0.3 is 9.64 Å². The van der Waals surface area contributed by atoms with E-state index in [9.17, 15) is 4.79 Å². The number of hydrogen-bond acceptors (Lipinski definition) is 4. The first-order valence-electron chi connectivity index (χ1n) is 10.2. The van der Waals surface area contributed by atoms with Gasteiger partial charge in [-0.3, -0.25) is 14.6 Å². The van der Waals surface area contributed by atoms with Gasteiger partial charge in [-0.25, -0.2) is 0 Å². The number of nitrogens with zero attached hydrogens (tertiary/aromatic N) is 3. The smallest absolute Gasteiger partial charge is 0.243 e. The normalized spacial score (nSPS) is 18.4. The van der Waals surface area contributed by atoms with Crippen molar-refractivity contribution in [2.24, 2.45) is 0 Å². The van der Waals surface area contributed by atoms with Crippen LogP contribution in [-0.2, 0) is 17.8 Å². The van der Waals surface area contributed by atoms with Crippen LogP contribution in [0.25, 0.3) is 0 Å². The van der Waals surface area contributed by atoms with Crippen LogP contribution in [0.4, 0.5) is 5.69 Å². The molecule has 1 unspecified atom stereocenters. The van der Waals surface area contributed by atoms with Crippen molar-refractivity contribution in [1.82, 2.24) is 9.80 Å². The Labute approximate surface area is 167 Å². The number of carbonyl (C=O) groups is 1. The molecule has 0 radical (unpaired) electrons. The molecule has 2 aromatic carbocycles. The topological polar surface area (TPSA) is 36.0 Å². The Morgan fingerprint density at radius 2 is 1.86 bits per heavy atom. The molecule has 0 spiro atoms. The Kier molecular flexibility index (Phi) is 5.64. The number of benzene rings is 2. The lowest BCUT2D eigenvalue weighted by atomic mass is 10.1. The lowest BCUT2D eigenvalue weighted by Crippen LogP contribution is -2.53. The Morgan fingerprint density at radius 3 is 2.61 bits per heavy atom. The molecule has 5 heteroatoms. The molecule has 0 N–H and O–H groups in total. The van der Waals surface area contributed by atoms with E-state index in [1.54, 1.807) is 4.90 Å². The zero-order valence-electron chi connectivity index (χ0n) is 16.8. The van der Waals surface area contributed by atoms with E-state index in [0.717, 1.165) is 57.2 Å². The maximum Gasteiger partial charge on any atom is 0.243 e. The number of fused-ring (bicyclic) bond motifs is 1. The van der Waals surface area contributed by atoms with E-state index in [1.807, 2.05) is 44.3 Å². The second-order valence-electron chi connectivity index (χ2n) is 7.76. The number of piperazine rings is 1. The second kappa shape index (κ2) is 8.33. The summed E-state index contributed by atoms with van der Waals surface area (Å²) in [6, 6.07) is 16.3. The highest BCUT2D eigenvalue weighted by atomic mass is 16.5. The number of rotatable bonds is 5. The fraction of sp³-hybridized carbons (Fsp3) is 0.435. The van der Waals surface area contributed by atoms with E-state index < -0.39 is 0 Å². The van der Waals surface area contributed by atoms with Gasteiger partial charge in [0, 0.05) is 51.9 Å². The van der Waals surface area contributed by atoms with Crippen LogP contribution in [0, 0.1) is 0 Å². The highest BCUT2D eigenvalue weighted by Crippen LogP contribution is 2.26. The largest absolute Gasteiger partial charge is 0.493 e. The third kappa shape index (κ3) is 4.05. The minimum Gasteiger partial charge on any atom is -0.493 e. The zero-order chi connectivity index (χ0) is 19.5. The molecule has 0 saturated carbocycles. The van der Waals surface area contributed by atoms with Crippen LogP contribution in [0.5, 0.6) is 5.75 Å². The molecule has 5 nitrogen and oxygen atoms in total. The molecule has 2 aliphatic heterocycles. The van der Waals surface area contributed by atoms with Gasteiger partial charge in [0.25, 0.3) is 0 Å². The van der Waals surface area contributed by atoms with E-state index in [0.29, 0.717) is 0 Å². The van der Waals surface area contributed by atoms with Crippen LogP contribution in [-0.4, -0.2) is 61.6 Å². The van der Waals surface area contributed by atoms with Crippen LogP contribution in [0.3, 0.4) is 0 Å². The van der Waals surface area contributed by atoms with Gasteiger partial charge in [0.15, 0.2) is 0 Å². The van der Waals surface area contributed by atoms with E-state index in [1.165, 1.54) is 11.1 Å². The third-order valence-electron chi connectivity index (χ3n) is 5.95. The monoisotopic (exact) mass is 379 g/mol. The number of ether oxygens (including phenoxy) is 1. The van der Waals surface area contributed by atoms with Crippen molar-refractivity contribution in [1.29, 1.82) is 0 Å². The molecular weight excluding hydrogens is 350 g/mol. The molecule has 0 aliphatic carbocycles. The van der Waals surface area contributed by atoms with Crippen molar-refractivity contribution in [3.63, 3.8) is 0 Å². The molecule has 0 aromatic heterocycles. The highest BCUT2D eigenvalue weighted by molar-refractivity contribution is 5.96. The van der Waals surface area contributed by atoms with E-state index in [2.05, 4.69) is 28.0 Å². The molecule has 1 fully saturated rings. The Bertz CT molecular complexity index is 816. The summed E-state index contributed by atoms with van der Waals surface area (Å²) in [4.78, 5) is 19.4. The molecule has 4 rings (SSSR count). The zero-order valence-corrected chi connectivity index (χ0v) is 16.8. The van der Waals surface area contributed by atoms with Gasteiger partial charge in [0.1, 0.15) is 5.75 Å². The molecule has 2 heterocycles.